The molecule has 0 aliphatic carbocycles. The van der Waals surface area contributed by atoms with Gasteiger partial charge in [0.05, 0.1) is 34.9 Å². The highest BCUT2D eigenvalue weighted by molar-refractivity contribution is 5.76. The number of nitrogens with zero attached hydrogens (tertiary/aromatic N) is 2. The number of rotatable bonds is 8. The first-order valence-corrected chi connectivity index (χ1v) is 12.5. The molecule has 1 fully saturated rings. The van der Waals surface area contributed by atoms with Crippen LogP contribution < -0.4 is 11.0 Å². The molecule has 2 heterocycles. The van der Waals surface area contributed by atoms with E-state index in [0.29, 0.717) is 25.0 Å². The van der Waals surface area contributed by atoms with Crippen LogP contribution >= 0.6 is 0 Å². The molecule has 2 N–H and O–H groups in total. The van der Waals surface area contributed by atoms with Gasteiger partial charge in [-0.05, 0) is 56.0 Å². The van der Waals surface area contributed by atoms with Crippen LogP contribution in [0.1, 0.15) is 61.5 Å². The summed E-state index contributed by atoms with van der Waals surface area (Å²) >= 11 is 0. The number of ketones is 1. The monoisotopic (exact) mass is 570 g/mol. The van der Waals surface area contributed by atoms with Gasteiger partial charge in [-0.2, -0.15) is 31.4 Å². The maximum Gasteiger partial charge on any atom is 0.416 e. The molecule has 2 aromatic carbocycles. The molecule has 1 aliphatic rings. The number of hydrogen-bond acceptors (Lipinski definition) is 5. The van der Waals surface area contributed by atoms with E-state index in [1.165, 1.54) is 24.7 Å². The van der Waals surface area contributed by atoms with Crippen LogP contribution in [-0.4, -0.2) is 33.7 Å². The number of aromatic amines is 1. The van der Waals surface area contributed by atoms with Gasteiger partial charge in [-0.3, -0.25) is 9.36 Å². The molecule has 0 amide bonds. The van der Waals surface area contributed by atoms with Gasteiger partial charge in [0.1, 0.15) is 12.1 Å². The minimum atomic E-state index is -4.98. The Morgan fingerprint density at radius 2 is 1.68 bits per heavy atom. The molecule has 4 rings (SSSR count). The zero-order chi connectivity index (χ0) is 29.3. The highest BCUT2D eigenvalue weighted by atomic mass is 19.4. The van der Waals surface area contributed by atoms with E-state index in [4.69, 9.17) is 4.74 Å². The molecule has 1 saturated heterocycles. The van der Waals surface area contributed by atoms with Crippen molar-refractivity contribution in [3.05, 3.63) is 87.6 Å². The third-order valence-electron chi connectivity index (χ3n) is 7.40. The lowest BCUT2D eigenvalue weighted by atomic mass is 9.74. The van der Waals surface area contributed by atoms with Gasteiger partial charge in [-0.25, -0.2) is 9.89 Å². The molecule has 3 atom stereocenters. The minimum absolute atomic E-state index is 0.0476. The molecule has 7 nitrogen and oxygen atoms in total. The third kappa shape index (κ3) is 6.15. The molecule has 40 heavy (non-hydrogen) atoms. The van der Waals surface area contributed by atoms with Gasteiger partial charge in [0.25, 0.3) is 0 Å². The van der Waals surface area contributed by atoms with Crippen molar-refractivity contribution in [2.24, 2.45) is 0 Å². The summed E-state index contributed by atoms with van der Waals surface area (Å²) < 4.78 is 87.7. The first kappa shape index (κ1) is 29.5. The summed E-state index contributed by atoms with van der Waals surface area (Å²) in [4.78, 5) is 24.6. The second-order valence-electron chi connectivity index (χ2n) is 10.2. The lowest BCUT2D eigenvalue weighted by Crippen LogP contribution is -2.60. The van der Waals surface area contributed by atoms with E-state index in [9.17, 15) is 35.9 Å². The van der Waals surface area contributed by atoms with Crippen LogP contribution in [0.3, 0.4) is 0 Å². The van der Waals surface area contributed by atoms with Gasteiger partial charge in [-0.1, -0.05) is 30.3 Å². The average molecular weight is 571 g/mol. The van der Waals surface area contributed by atoms with E-state index >= 15 is 0 Å². The summed E-state index contributed by atoms with van der Waals surface area (Å²) in [5.41, 5.74) is -4.64. The third-order valence-corrected chi connectivity index (χ3v) is 7.40. The Morgan fingerprint density at radius 3 is 2.15 bits per heavy atom. The second-order valence-corrected chi connectivity index (χ2v) is 10.2. The summed E-state index contributed by atoms with van der Waals surface area (Å²) in [6.45, 7) is 2.86. The van der Waals surface area contributed by atoms with Gasteiger partial charge in [-0.15, -0.1) is 0 Å². The van der Waals surface area contributed by atoms with Crippen LogP contribution in [0.15, 0.2) is 59.7 Å². The largest absolute Gasteiger partial charge is 0.416 e. The highest BCUT2D eigenvalue weighted by Crippen LogP contribution is 2.41. The summed E-state index contributed by atoms with van der Waals surface area (Å²) in [5, 5.41) is 9.53. The van der Waals surface area contributed by atoms with Crippen molar-refractivity contribution in [3.8, 4) is 0 Å². The fraction of sp³-hybridized carbons (Fsp3) is 0.444. The number of carbonyl (C=O) groups is 1. The Bertz CT molecular complexity index is 1360. The molecule has 0 spiro atoms. The number of benzene rings is 2. The molecule has 0 saturated carbocycles. The minimum Gasteiger partial charge on any atom is -0.372 e. The van der Waals surface area contributed by atoms with Crippen molar-refractivity contribution in [1.82, 2.24) is 20.1 Å². The van der Waals surface area contributed by atoms with E-state index in [0.717, 1.165) is 5.56 Å². The first-order valence-electron chi connectivity index (χ1n) is 12.5. The summed E-state index contributed by atoms with van der Waals surface area (Å²) in [5.74, 6) is -0.142. The van der Waals surface area contributed by atoms with Crippen LogP contribution in [0.2, 0.25) is 0 Å². The Labute approximate surface area is 225 Å². The van der Waals surface area contributed by atoms with Gasteiger partial charge in [0, 0.05) is 13.0 Å². The van der Waals surface area contributed by atoms with E-state index in [2.05, 4.69) is 15.5 Å². The van der Waals surface area contributed by atoms with E-state index in [-0.39, 0.29) is 37.0 Å². The predicted octanol–water partition coefficient (Wildman–Crippen LogP) is 5.34. The molecule has 216 valence electrons. The number of alkyl halides is 6. The Morgan fingerprint density at radius 1 is 1.05 bits per heavy atom. The van der Waals surface area contributed by atoms with Crippen molar-refractivity contribution in [2.75, 3.05) is 13.2 Å². The average Bonchev–Trinajstić information content (AvgIpc) is 3.33. The lowest BCUT2D eigenvalue weighted by molar-refractivity contribution is -0.143. The summed E-state index contributed by atoms with van der Waals surface area (Å²) in [6.07, 6.45) is -9.02. The Balaban J connectivity index is 1.64. The number of hydrogen-bond donors (Lipinski definition) is 2. The van der Waals surface area contributed by atoms with Gasteiger partial charge < -0.3 is 10.1 Å². The maximum atomic E-state index is 13.4. The zero-order valence-electron chi connectivity index (χ0n) is 21.7. The number of H-pyrrole nitrogens is 1. The van der Waals surface area contributed by atoms with Crippen molar-refractivity contribution in [1.29, 1.82) is 0 Å². The number of halogens is 6. The van der Waals surface area contributed by atoms with Crippen molar-refractivity contribution >= 4 is 5.78 Å². The van der Waals surface area contributed by atoms with Gasteiger partial charge in [0.15, 0.2) is 0 Å². The van der Waals surface area contributed by atoms with Crippen molar-refractivity contribution < 1.29 is 35.9 Å². The Hall–Kier alpha value is -3.45. The predicted molar refractivity (Wildman–Crippen MR) is 132 cm³/mol. The molecular formula is C27H28F6N4O3. The van der Waals surface area contributed by atoms with Crippen molar-refractivity contribution in [2.45, 2.75) is 62.6 Å². The molecular weight excluding hydrogens is 542 g/mol. The molecule has 1 aliphatic heterocycles. The summed E-state index contributed by atoms with van der Waals surface area (Å²) in [7, 11) is 0. The van der Waals surface area contributed by atoms with E-state index in [1.807, 2.05) is 12.1 Å². The van der Waals surface area contributed by atoms with Gasteiger partial charge >= 0.3 is 18.0 Å². The first-order chi connectivity index (χ1) is 18.7. The van der Waals surface area contributed by atoms with Crippen LogP contribution in [0.25, 0.3) is 0 Å². The topological polar surface area (TPSA) is 89.0 Å². The molecule has 0 unspecified atom stereocenters. The SMILES string of the molecule is CC(=O)C[C@]1(n2cn[nH]c2=O)CC[C@@](CO[C@H](C)c2cc(C(F)(F)F)cc(C(F)(F)F)c2)(c2ccccc2)NC1. The molecule has 13 heteroatoms. The van der Waals surface area contributed by atoms with E-state index < -0.39 is 46.4 Å². The van der Waals surface area contributed by atoms with Crippen LogP contribution in [0, 0.1) is 0 Å². The zero-order valence-corrected chi connectivity index (χ0v) is 21.7. The van der Waals surface area contributed by atoms with Crippen LogP contribution in [0.5, 0.6) is 0 Å². The summed E-state index contributed by atoms with van der Waals surface area (Å²) in [6, 6.07) is 10.4. The Kier molecular flexibility index (Phi) is 8.01. The fourth-order valence-electron chi connectivity index (χ4n) is 5.23. The number of ether oxygens (including phenoxy) is 1. The van der Waals surface area contributed by atoms with E-state index in [1.54, 1.807) is 18.2 Å². The van der Waals surface area contributed by atoms with Crippen LogP contribution in [-0.2, 0) is 33.0 Å². The standard InChI is InChI=1S/C27H28F6N4O3/c1-17(38)13-24(37-16-35-36-23(37)39)8-9-25(34-14-24,20-6-4-3-5-7-20)15-40-18(2)19-10-21(26(28,29)30)12-22(11-19)27(31,32)33/h3-7,10-12,16,18,34H,8-9,13-15H2,1-2H3,(H,36,39)/t18-,24-,25-/m1/s1. The number of Topliss-reactive ketones (excluding diaryl/α,β-unsaturated/α-hetero) is 1. The van der Waals surface area contributed by atoms with Crippen LogP contribution in [0.4, 0.5) is 26.3 Å². The highest BCUT2D eigenvalue weighted by Gasteiger charge is 2.46. The maximum absolute atomic E-state index is 13.4. The normalized spacial score (nSPS) is 22.7. The van der Waals surface area contributed by atoms with Gasteiger partial charge in [0.2, 0.25) is 0 Å². The lowest BCUT2D eigenvalue weighted by Gasteiger charge is -2.47. The molecule has 1 aromatic heterocycles. The molecule has 0 radical (unpaired) electrons. The molecule has 0 bridgehead atoms. The number of piperidine rings is 1. The smallest absolute Gasteiger partial charge is 0.372 e. The number of aromatic nitrogens is 3. The fourth-order valence-corrected chi connectivity index (χ4v) is 5.23. The molecule has 3 aromatic rings. The van der Waals surface area contributed by atoms with Crippen molar-refractivity contribution in [3.63, 3.8) is 0 Å². The quantitative estimate of drug-likeness (QED) is 0.357. The second kappa shape index (κ2) is 10.8. The number of nitrogens with one attached hydrogen (secondary N) is 2. The number of carbonyl (C=O) groups excluding carboxylic acids is 1.